The number of carbonyl (C=O) groups excluding carboxylic acids is 1. The van der Waals surface area contributed by atoms with E-state index in [9.17, 15) is 9.59 Å². The normalized spacial score (nSPS) is 19.2. The lowest BCUT2D eigenvalue weighted by Gasteiger charge is -2.32. The van der Waals surface area contributed by atoms with Gasteiger partial charge in [-0.15, -0.1) is 0 Å². The van der Waals surface area contributed by atoms with Gasteiger partial charge in [-0.1, -0.05) is 6.07 Å². The number of pyridine rings is 1. The SMILES string of the molecule is CCNC(=O)Cn1cc(B2OC(C)(C)C(C)(C)O2)ccc1=O. The van der Waals surface area contributed by atoms with Crippen molar-refractivity contribution in [3.8, 4) is 0 Å². The number of hydrogen-bond acceptors (Lipinski definition) is 4. The first-order valence-corrected chi connectivity index (χ1v) is 7.49. The van der Waals surface area contributed by atoms with Crippen molar-refractivity contribution in [3.05, 3.63) is 28.7 Å². The Morgan fingerprint density at radius 2 is 1.82 bits per heavy atom. The molecule has 120 valence electrons. The predicted molar refractivity (Wildman–Crippen MR) is 85.1 cm³/mol. The van der Waals surface area contributed by atoms with E-state index in [1.54, 1.807) is 12.3 Å². The minimum atomic E-state index is -0.550. The molecule has 0 unspecified atom stereocenters. The van der Waals surface area contributed by atoms with Crippen molar-refractivity contribution in [1.29, 1.82) is 0 Å². The highest BCUT2D eigenvalue weighted by molar-refractivity contribution is 6.62. The van der Waals surface area contributed by atoms with E-state index >= 15 is 0 Å². The summed E-state index contributed by atoms with van der Waals surface area (Å²) in [7, 11) is -0.550. The molecule has 1 amide bonds. The Balaban J connectivity index is 2.24. The first-order chi connectivity index (χ1) is 10.2. The number of nitrogens with one attached hydrogen (secondary N) is 1. The zero-order valence-corrected chi connectivity index (χ0v) is 13.8. The molecule has 0 aromatic carbocycles. The number of amides is 1. The van der Waals surface area contributed by atoms with E-state index in [0.717, 1.165) is 5.46 Å². The van der Waals surface area contributed by atoms with Crippen LogP contribution in [0.15, 0.2) is 23.1 Å². The fourth-order valence-electron chi connectivity index (χ4n) is 2.20. The van der Waals surface area contributed by atoms with E-state index < -0.39 is 18.3 Å². The lowest BCUT2D eigenvalue weighted by atomic mass is 9.80. The highest BCUT2D eigenvalue weighted by atomic mass is 16.7. The van der Waals surface area contributed by atoms with Crippen molar-refractivity contribution in [1.82, 2.24) is 9.88 Å². The molecule has 22 heavy (non-hydrogen) atoms. The topological polar surface area (TPSA) is 69.6 Å². The molecule has 0 atom stereocenters. The van der Waals surface area contributed by atoms with Crippen LogP contribution in [-0.4, -0.2) is 35.3 Å². The molecule has 2 rings (SSSR count). The molecule has 1 aliphatic rings. The van der Waals surface area contributed by atoms with Gasteiger partial charge >= 0.3 is 7.12 Å². The van der Waals surface area contributed by atoms with Gasteiger partial charge in [0.15, 0.2) is 0 Å². The minimum Gasteiger partial charge on any atom is -0.399 e. The van der Waals surface area contributed by atoms with Crippen LogP contribution in [0, 0.1) is 0 Å². The van der Waals surface area contributed by atoms with Crippen LogP contribution in [0.2, 0.25) is 0 Å². The van der Waals surface area contributed by atoms with E-state index in [1.807, 2.05) is 34.6 Å². The Hall–Kier alpha value is -1.60. The predicted octanol–water partition coefficient (Wildman–Crippen LogP) is 0.284. The number of likely N-dealkylation sites (N-methyl/N-ethyl adjacent to an activating group) is 1. The largest absolute Gasteiger partial charge is 0.496 e. The summed E-state index contributed by atoms with van der Waals surface area (Å²) in [5.41, 5.74) is -0.398. The van der Waals surface area contributed by atoms with Gasteiger partial charge in [-0.3, -0.25) is 9.59 Å². The third kappa shape index (κ3) is 3.25. The van der Waals surface area contributed by atoms with Gasteiger partial charge in [-0.25, -0.2) is 0 Å². The van der Waals surface area contributed by atoms with Crippen LogP contribution in [0.1, 0.15) is 34.6 Å². The summed E-state index contributed by atoms with van der Waals surface area (Å²) in [4.78, 5) is 23.6. The molecule has 0 saturated carbocycles. The molecule has 7 heteroatoms. The Morgan fingerprint density at radius 3 is 2.36 bits per heavy atom. The molecule has 0 radical (unpaired) electrons. The van der Waals surface area contributed by atoms with Gasteiger partial charge in [0.25, 0.3) is 5.56 Å². The third-order valence-corrected chi connectivity index (χ3v) is 4.22. The second-order valence-corrected chi connectivity index (χ2v) is 6.47. The second kappa shape index (κ2) is 5.89. The van der Waals surface area contributed by atoms with Gasteiger partial charge in [0.2, 0.25) is 5.91 Å². The van der Waals surface area contributed by atoms with Crippen LogP contribution in [0.3, 0.4) is 0 Å². The summed E-state index contributed by atoms with van der Waals surface area (Å²) >= 11 is 0. The molecule has 2 heterocycles. The molecule has 1 saturated heterocycles. The standard InChI is InChI=1S/C15H23BN2O4/c1-6-17-12(19)10-18-9-11(7-8-13(18)20)16-21-14(2,3)15(4,5)22-16/h7-9H,6,10H2,1-5H3,(H,17,19). The molecule has 0 bridgehead atoms. The quantitative estimate of drug-likeness (QED) is 0.812. The van der Waals surface area contributed by atoms with E-state index in [-0.39, 0.29) is 18.0 Å². The first kappa shape index (κ1) is 16.8. The molecule has 1 aromatic rings. The highest BCUT2D eigenvalue weighted by Crippen LogP contribution is 2.36. The van der Waals surface area contributed by atoms with E-state index in [2.05, 4.69) is 5.32 Å². The molecule has 1 aromatic heterocycles. The molecule has 6 nitrogen and oxygen atoms in total. The van der Waals surface area contributed by atoms with Gasteiger partial charge in [0, 0.05) is 18.8 Å². The molecule has 1 N–H and O–H groups in total. The first-order valence-electron chi connectivity index (χ1n) is 7.49. The molecular weight excluding hydrogens is 283 g/mol. The van der Waals surface area contributed by atoms with Crippen molar-refractivity contribution in [2.75, 3.05) is 6.54 Å². The van der Waals surface area contributed by atoms with Crippen LogP contribution >= 0.6 is 0 Å². The van der Waals surface area contributed by atoms with Gasteiger partial charge in [-0.05, 0) is 40.1 Å². The van der Waals surface area contributed by atoms with Crippen LogP contribution < -0.4 is 16.3 Å². The molecule has 0 spiro atoms. The number of nitrogens with zero attached hydrogens (tertiary/aromatic N) is 1. The van der Waals surface area contributed by atoms with Crippen molar-refractivity contribution < 1.29 is 14.1 Å². The number of aromatic nitrogens is 1. The van der Waals surface area contributed by atoms with E-state index in [1.165, 1.54) is 10.6 Å². The van der Waals surface area contributed by atoms with Crippen LogP contribution in [0.25, 0.3) is 0 Å². The molecule has 0 aliphatic carbocycles. The summed E-state index contributed by atoms with van der Waals surface area (Å²) in [5, 5.41) is 2.68. The smallest absolute Gasteiger partial charge is 0.399 e. The van der Waals surface area contributed by atoms with E-state index in [4.69, 9.17) is 9.31 Å². The van der Waals surface area contributed by atoms with Crippen molar-refractivity contribution >= 4 is 18.5 Å². The molecular formula is C15H23BN2O4. The monoisotopic (exact) mass is 306 g/mol. The molecule has 1 aliphatic heterocycles. The lowest BCUT2D eigenvalue weighted by Crippen LogP contribution is -2.41. The average molecular weight is 306 g/mol. The highest BCUT2D eigenvalue weighted by Gasteiger charge is 2.51. The van der Waals surface area contributed by atoms with Gasteiger partial charge < -0.3 is 19.2 Å². The van der Waals surface area contributed by atoms with Gasteiger partial charge in [0.1, 0.15) is 6.54 Å². The maximum atomic E-state index is 11.9. The average Bonchev–Trinajstić information content (AvgIpc) is 2.61. The Kier molecular flexibility index (Phi) is 4.49. The maximum absolute atomic E-state index is 11.9. The third-order valence-electron chi connectivity index (χ3n) is 4.22. The van der Waals surface area contributed by atoms with Crippen molar-refractivity contribution in [2.24, 2.45) is 0 Å². The lowest BCUT2D eigenvalue weighted by molar-refractivity contribution is -0.121. The zero-order chi connectivity index (χ0) is 16.5. The number of rotatable bonds is 4. The Bertz CT molecular complexity index is 608. The van der Waals surface area contributed by atoms with Gasteiger partial charge in [0.05, 0.1) is 11.2 Å². The van der Waals surface area contributed by atoms with Crippen LogP contribution in [-0.2, 0) is 20.6 Å². The summed E-state index contributed by atoms with van der Waals surface area (Å²) in [6, 6.07) is 3.11. The van der Waals surface area contributed by atoms with Crippen LogP contribution in [0.4, 0.5) is 0 Å². The number of carbonyl (C=O) groups is 1. The Labute approximate surface area is 130 Å². The zero-order valence-electron chi connectivity index (χ0n) is 13.8. The second-order valence-electron chi connectivity index (χ2n) is 6.47. The van der Waals surface area contributed by atoms with Crippen molar-refractivity contribution in [3.63, 3.8) is 0 Å². The van der Waals surface area contributed by atoms with E-state index in [0.29, 0.717) is 6.54 Å². The minimum absolute atomic E-state index is 0.0139. The Morgan fingerprint density at radius 1 is 1.23 bits per heavy atom. The summed E-state index contributed by atoms with van der Waals surface area (Å²) in [5.74, 6) is -0.198. The van der Waals surface area contributed by atoms with Crippen LogP contribution in [0.5, 0.6) is 0 Å². The number of hydrogen-bond donors (Lipinski definition) is 1. The maximum Gasteiger partial charge on any atom is 0.496 e. The molecule has 1 fully saturated rings. The summed E-state index contributed by atoms with van der Waals surface area (Å²) in [6.07, 6.45) is 1.62. The fourth-order valence-corrected chi connectivity index (χ4v) is 2.20. The van der Waals surface area contributed by atoms with Gasteiger partial charge in [-0.2, -0.15) is 0 Å². The summed E-state index contributed by atoms with van der Waals surface area (Å²) in [6.45, 7) is 10.2. The summed E-state index contributed by atoms with van der Waals surface area (Å²) < 4.78 is 13.3. The van der Waals surface area contributed by atoms with Crippen molar-refractivity contribution in [2.45, 2.75) is 52.4 Å². The fraction of sp³-hybridized carbons (Fsp3) is 0.600.